The van der Waals surface area contributed by atoms with Crippen LogP contribution < -0.4 is 15.4 Å². The molecule has 7 heteroatoms. The number of nitrogens with one attached hydrogen (secondary N) is 2. The fourth-order valence-electron chi connectivity index (χ4n) is 2.28. The summed E-state index contributed by atoms with van der Waals surface area (Å²) in [4.78, 5) is 12.1. The van der Waals surface area contributed by atoms with Crippen LogP contribution in [0.2, 0.25) is 0 Å². The topological polar surface area (TPSA) is 80.5 Å². The van der Waals surface area contributed by atoms with Crippen LogP contribution in [-0.2, 0) is 0 Å². The molecular formula is C16H17N5O2. The van der Waals surface area contributed by atoms with Gasteiger partial charge in [0, 0.05) is 18.0 Å². The standard InChI is InChI=1S/C16H17N5O2/c1-11(15-20-19-14-8-3-4-9-21(14)15)17-16(22)18-12-6-5-7-13(10-12)23-2/h3-11H,1-2H3,(H2,17,18,22). The second kappa shape index (κ2) is 6.35. The van der Waals surface area contributed by atoms with E-state index in [1.54, 1.807) is 19.2 Å². The number of benzene rings is 1. The molecule has 7 nitrogen and oxygen atoms in total. The highest BCUT2D eigenvalue weighted by Gasteiger charge is 2.15. The summed E-state index contributed by atoms with van der Waals surface area (Å²) in [5, 5.41) is 13.8. The van der Waals surface area contributed by atoms with Crippen molar-refractivity contribution in [1.29, 1.82) is 0 Å². The molecule has 3 rings (SSSR count). The van der Waals surface area contributed by atoms with Gasteiger partial charge in [-0.2, -0.15) is 0 Å². The number of pyridine rings is 1. The zero-order valence-electron chi connectivity index (χ0n) is 12.9. The molecule has 2 amide bonds. The van der Waals surface area contributed by atoms with E-state index in [2.05, 4.69) is 20.8 Å². The van der Waals surface area contributed by atoms with Gasteiger partial charge in [-0.25, -0.2) is 4.79 Å². The summed E-state index contributed by atoms with van der Waals surface area (Å²) in [6, 6.07) is 12.2. The average molecular weight is 311 g/mol. The number of aromatic nitrogens is 3. The molecule has 1 unspecified atom stereocenters. The first kappa shape index (κ1) is 14.8. The number of nitrogens with zero attached hydrogens (tertiary/aromatic N) is 3. The maximum atomic E-state index is 12.1. The van der Waals surface area contributed by atoms with Crippen molar-refractivity contribution in [3.63, 3.8) is 0 Å². The number of ether oxygens (including phenoxy) is 1. The Morgan fingerprint density at radius 2 is 2.09 bits per heavy atom. The molecule has 2 N–H and O–H groups in total. The van der Waals surface area contributed by atoms with Crippen molar-refractivity contribution in [2.75, 3.05) is 12.4 Å². The Morgan fingerprint density at radius 1 is 1.22 bits per heavy atom. The Morgan fingerprint density at radius 3 is 2.91 bits per heavy atom. The lowest BCUT2D eigenvalue weighted by Crippen LogP contribution is -2.32. The van der Waals surface area contributed by atoms with Gasteiger partial charge in [0.25, 0.3) is 0 Å². The molecule has 23 heavy (non-hydrogen) atoms. The highest BCUT2D eigenvalue weighted by atomic mass is 16.5. The fraction of sp³-hybridized carbons (Fsp3) is 0.188. The molecule has 1 atom stereocenters. The molecule has 0 saturated carbocycles. The van der Waals surface area contributed by atoms with Gasteiger partial charge in [-0.05, 0) is 31.2 Å². The molecule has 2 heterocycles. The molecule has 0 saturated heterocycles. The number of carbonyl (C=O) groups excluding carboxylic acids is 1. The van der Waals surface area contributed by atoms with Gasteiger partial charge < -0.3 is 15.4 Å². The number of fused-ring (bicyclic) bond motifs is 1. The van der Waals surface area contributed by atoms with Crippen molar-refractivity contribution in [1.82, 2.24) is 19.9 Å². The van der Waals surface area contributed by atoms with E-state index in [9.17, 15) is 4.79 Å². The first-order chi connectivity index (χ1) is 11.2. The smallest absolute Gasteiger partial charge is 0.319 e. The van der Waals surface area contributed by atoms with E-state index < -0.39 is 0 Å². The molecule has 0 aliphatic rings. The van der Waals surface area contributed by atoms with Gasteiger partial charge in [0.1, 0.15) is 5.75 Å². The predicted octanol–water partition coefficient (Wildman–Crippen LogP) is 2.62. The number of carbonyl (C=O) groups is 1. The number of urea groups is 1. The minimum absolute atomic E-state index is 0.294. The third-order valence-electron chi connectivity index (χ3n) is 3.40. The van der Waals surface area contributed by atoms with Gasteiger partial charge in [0.15, 0.2) is 11.5 Å². The van der Waals surface area contributed by atoms with Gasteiger partial charge in [0.05, 0.1) is 13.2 Å². The van der Waals surface area contributed by atoms with Gasteiger partial charge in [0.2, 0.25) is 0 Å². The fourth-order valence-corrected chi connectivity index (χ4v) is 2.28. The summed E-state index contributed by atoms with van der Waals surface area (Å²) >= 11 is 0. The van der Waals surface area contributed by atoms with Gasteiger partial charge in [-0.15, -0.1) is 10.2 Å². The summed E-state index contributed by atoms with van der Waals surface area (Å²) < 4.78 is 6.98. The maximum absolute atomic E-state index is 12.1. The van der Waals surface area contributed by atoms with Crippen LogP contribution in [0.1, 0.15) is 18.8 Å². The van der Waals surface area contributed by atoms with Crippen LogP contribution in [0.25, 0.3) is 5.65 Å². The molecule has 1 aromatic carbocycles. The van der Waals surface area contributed by atoms with Gasteiger partial charge in [-0.1, -0.05) is 12.1 Å². The van der Waals surface area contributed by atoms with Crippen LogP contribution in [0.5, 0.6) is 5.75 Å². The number of anilines is 1. The first-order valence-electron chi connectivity index (χ1n) is 7.18. The summed E-state index contributed by atoms with van der Waals surface area (Å²) in [6.45, 7) is 1.86. The zero-order valence-corrected chi connectivity index (χ0v) is 12.9. The number of hydrogen-bond acceptors (Lipinski definition) is 4. The third kappa shape index (κ3) is 3.23. The minimum atomic E-state index is -0.321. The zero-order chi connectivity index (χ0) is 16.2. The Bertz CT molecular complexity index is 830. The second-order valence-electron chi connectivity index (χ2n) is 5.04. The lowest BCUT2D eigenvalue weighted by atomic mass is 10.3. The van der Waals surface area contributed by atoms with Crippen LogP contribution in [0, 0.1) is 0 Å². The summed E-state index contributed by atoms with van der Waals surface area (Å²) in [6.07, 6.45) is 1.86. The normalized spacial score (nSPS) is 11.9. The van der Waals surface area contributed by atoms with E-state index in [1.807, 2.05) is 47.9 Å². The Kier molecular flexibility index (Phi) is 4.09. The molecular weight excluding hydrogens is 294 g/mol. The van der Waals surface area contributed by atoms with Crippen LogP contribution in [-0.4, -0.2) is 27.7 Å². The molecule has 0 spiro atoms. The molecule has 118 valence electrons. The highest BCUT2D eigenvalue weighted by molar-refractivity contribution is 5.89. The molecule has 0 radical (unpaired) electrons. The molecule has 0 aliphatic carbocycles. The number of methoxy groups -OCH3 is 1. The highest BCUT2D eigenvalue weighted by Crippen LogP contribution is 2.17. The average Bonchev–Trinajstić information content (AvgIpc) is 2.99. The van der Waals surface area contributed by atoms with Crippen molar-refractivity contribution in [2.24, 2.45) is 0 Å². The van der Waals surface area contributed by atoms with Crippen LogP contribution in [0.15, 0.2) is 48.7 Å². The van der Waals surface area contributed by atoms with Crippen molar-refractivity contribution < 1.29 is 9.53 Å². The van der Waals surface area contributed by atoms with Crippen molar-refractivity contribution in [3.8, 4) is 5.75 Å². The minimum Gasteiger partial charge on any atom is -0.497 e. The van der Waals surface area contributed by atoms with E-state index in [-0.39, 0.29) is 12.1 Å². The predicted molar refractivity (Wildman–Crippen MR) is 86.6 cm³/mol. The molecule has 0 fully saturated rings. The van der Waals surface area contributed by atoms with Crippen LogP contribution in [0.3, 0.4) is 0 Å². The van der Waals surface area contributed by atoms with Crippen LogP contribution in [0.4, 0.5) is 10.5 Å². The van der Waals surface area contributed by atoms with Crippen LogP contribution >= 0.6 is 0 Å². The number of hydrogen-bond donors (Lipinski definition) is 2. The van der Waals surface area contributed by atoms with Crippen molar-refractivity contribution in [2.45, 2.75) is 13.0 Å². The molecule has 0 aliphatic heterocycles. The number of amides is 2. The molecule has 3 aromatic rings. The van der Waals surface area contributed by atoms with Crippen molar-refractivity contribution >= 4 is 17.4 Å². The van der Waals surface area contributed by atoms with E-state index in [0.29, 0.717) is 17.3 Å². The summed E-state index contributed by atoms with van der Waals surface area (Å²) in [7, 11) is 1.58. The van der Waals surface area contributed by atoms with E-state index >= 15 is 0 Å². The third-order valence-corrected chi connectivity index (χ3v) is 3.40. The van der Waals surface area contributed by atoms with Gasteiger partial charge >= 0.3 is 6.03 Å². The Hall–Kier alpha value is -3.09. The molecule has 0 bridgehead atoms. The van der Waals surface area contributed by atoms with E-state index in [1.165, 1.54) is 0 Å². The quantitative estimate of drug-likeness (QED) is 0.776. The largest absolute Gasteiger partial charge is 0.497 e. The monoisotopic (exact) mass is 311 g/mol. The summed E-state index contributed by atoms with van der Waals surface area (Å²) in [5.74, 6) is 1.35. The molecule has 2 aromatic heterocycles. The second-order valence-corrected chi connectivity index (χ2v) is 5.04. The maximum Gasteiger partial charge on any atom is 0.319 e. The number of rotatable bonds is 4. The summed E-state index contributed by atoms with van der Waals surface area (Å²) in [5.41, 5.74) is 1.39. The SMILES string of the molecule is COc1cccc(NC(=O)NC(C)c2nnc3ccccn23)c1. The lowest BCUT2D eigenvalue weighted by Gasteiger charge is -2.13. The lowest BCUT2D eigenvalue weighted by molar-refractivity contribution is 0.249. The van der Waals surface area contributed by atoms with Gasteiger partial charge in [-0.3, -0.25) is 4.40 Å². The Balaban J connectivity index is 1.69. The first-order valence-corrected chi connectivity index (χ1v) is 7.18. The van der Waals surface area contributed by atoms with Crippen molar-refractivity contribution in [3.05, 3.63) is 54.5 Å². The Labute approximate surface area is 133 Å². The van der Waals surface area contributed by atoms with E-state index in [0.717, 1.165) is 5.65 Å². The van der Waals surface area contributed by atoms with E-state index in [4.69, 9.17) is 4.74 Å².